The molecular weight excluding hydrogens is 260 g/mol. The molecule has 1 aromatic heterocycles. The van der Waals surface area contributed by atoms with E-state index in [1.165, 1.54) is 18.3 Å². The molecule has 0 saturated heterocycles. The highest BCUT2D eigenvalue weighted by Gasteiger charge is 2.34. The number of ketones is 1. The van der Waals surface area contributed by atoms with Gasteiger partial charge in [-0.1, -0.05) is 11.2 Å². The third-order valence-corrected chi connectivity index (χ3v) is 3.39. The van der Waals surface area contributed by atoms with Gasteiger partial charge in [-0.15, -0.1) is 0 Å². The third-order valence-electron chi connectivity index (χ3n) is 3.39. The fourth-order valence-electron chi connectivity index (χ4n) is 2.19. The molecule has 1 aliphatic rings. The molecule has 3 rings (SSSR count). The molecule has 0 radical (unpaired) electrons. The summed E-state index contributed by atoms with van der Waals surface area (Å²) in [6.07, 6.45) is 3.27. The summed E-state index contributed by atoms with van der Waals surface area (Å²) in [6, 6.07) is 4.57. The average Bonchev–Trinajstić information content (AvgIpc) is 3.15. The van der Waals surface area contributed by atoms with Crippen molar-refractivity contribution in [3.8, 4) is 0 Å². The number of hydrogen-bond acceptors (Lipinski definition) is 5. The molecule has 1 heterocycles. The van der Waals surface area contributed by atoms with Gasteiger partial charge in [-0.2, -0.15) is 0 Å². The number of nitrogens with zero attached hydrogens (tertiary/aromatic N) is 2. The number of rotatable bonds is 4. The van der Waals surface area contributed by atoms with Crippen molar-refractivity contribution in [3.05, 3.63) is 57.0 Å². The van der Waals surface area contributed by atoms with E-state index in [0.717, 1.165) is 18.4 Å². The van der Waals surface area contributed by atoms with Gasteiger partial charge < -0.3 is 4.52 Å². The van der Waals surface area contributed by atoms with Crippen molar-refractivity contribution in [2.45, 2.75) is 25.7 Å². The van der Waals surface area contributed by atoms with Gasteiger partial charge in [0.1, 0.15) is 5.56 Å². The van der Waals surface area contributed by atoms with Gasteiger partial charge in [0.15, 0.2) is 5.76 Å². The molecule has 6 nitrogen and oxygen atoms in total. The van der Waals surface area contributed by atoms with Crippen LogP contribution in [0.5, 0.6) is 0 Å². The molecule has 0 N–H and O–H groups in total. The van der Waals surface area contributed by atoms with Crippen LogP contribution in [0.25, 0.3) is 0 Å². The fraction of sp³-hybridized carbons (Fsp3) is 0.286. The van der Waals surface area contributed by atoms with E-state index in [1.807, 2.05) is 0 Å². The van der Waals surface area contributed by atoms with E-state index in [9.17, 15) is 14.9 Å². The first-order valence-corrected chi connectivity index (χ1v) is 6.32. The lowest BCUT2D eigenvalue weighted by Gasteiger charge is -2.03. The van der Waals surface area contributed by atoms with Crippen LogP contribution in [0, 0.1) is 17.0 Å². The van der Waals surface area contributed by atoms with Gasteiger partial charge in [0, 0.05) is 12.0 Å². The van der Waals surface area contributed by atoms with Crippen molar-refractivity contribution in [2.24, 2.45) is 0 Å². The monoisotopic (exact) mass is 272 g/mol. The van der Waals surface area contributed by atoms with Crippen molar-refractivity contribution < 1.29 is 14.2 Å². The van der Waals surface area contributed by atoms with Gasteiger partial charge in [-0.05, 0) is 31.4 Å². The molecule has 20 heavy (non-hydrogen) atoms. The molecule has 1 aromatic carbocycles. The van der Waals surface area contributed by atoms with Gasteiger partial charge in [0.25, 0.3) is 5.69 Å². The van der Waals surface area contributed by atoms with E-state index in [1.54, 1.807) is 13.0 Å². The lowest BCUT2D eigenvalue weighted by Crippen LogP contribution is -2.06. The van der Waals surface area contributed by atoms with Crippen LogP contribution in [-0.2, 0) is 0 Å². The fourth-order valence-corrected chi connectivity index (χ4v) is 2.19. The van der Waals surface area contributed by atoms with Crippen LogP contribution in [0.1, 0.15) is 46.0 Å². The average molecular weight is 272 g/mol. The van der Waals surface area contributed by atoms with Crippen molar-refractivity contribution in [1.29, 1.82) is 0 Å². The van der Waals surface area contributed by atoms with Crippen LogP contribution in [-0.4, -0.2) is 15.9 Å². The van der Waals surface area contributed by atoms with Gasteiger partial charge in [-0.3, -0.25) is 14.9 Å². The lowest BCUT2D eigenvalue weighted by atomic mass is 10.00. The highest BCUT2D eigenvalue weighted by molar-refractivity contribution is 6.12. The number of carbonyl (C=O) groups excluding carboxylic acids is 1. The minimum Gasteiger partial charge on any atom is -0.360 e. The second-order valence-corrected chi connectivity index (χ2v) is 4.98. The number of aromatic nitrogens is 1. The van der Waals surface area contributed by atoms with Gasteiger partial charge in [0.05, 0.1) is 16.7 Å². The second-order valence-electron chi connectivity index (χ2n) is 4.98. The van der Waals surface area contributed by atoms with E-state index in [4.69, 9.17) is 4.52 Å². The Hall–Kier alpha value is -2.50. The van der Waals surface area contributed by atoms with E-state index in [2.05, 4.69) is 5.16 Å². The molecule has 0 unspecified atom stereocenters. The molecule has 0 aliphatic heterocycles. The van der Waals surface area contributed by atoms with Crippen LogP contribution in [0.3, 0.4) is 0 Å². The number of aryl methyl sites for hydroxylation is 1. The smallest absolute Gasteiger partial charge is 0.280 e. The summed E-state index contributed by atoms with van der Waals surface area (Å²) in [6.45, 7) is 1.75. The summed E-state index contributed by atoms with van der Waals surface area (Å²) < 4.78 is 5.11. The van der Waals surface area contributed by atoms with Crippen molar-refractivity contribution >= 4 is 11.5 Å². The Labute approximate surface area is 114 Å². The summed E-state index contributed by atoms with van der Waals surface area (Å²) in [5.74, 6) is 0.366. The first-order chi connectivity index (χ1) is 9.58. The van der Waals surface area contributed by atoms with E-state index in [0.29, 0.717) is 11.3 Å². The topological polar surface area (TPSA) is 86.2 Å². The maximum Gasteiger partial charge on any atom is 0.280 e. The normalized spacial score (nSPS) is 14.2. The highest BCUT2D eigenvalue weighted by Crippen LogP contribution is 2.42. The van der Waals surface area contributed by atoms with E-state index < -0.39 is 10.7 Å². The van der Waals surface area contributed by atoms with Crippen molar-refractivity contribution in [2.75, 3.05) is 0 Å². The Balaban J connectivity index is 2.06. The molecule has 6 heteroatoms. The minimum atomic E-state index is -0.537. The molecule has 1 fully saturated rings. The lowest BCUT2D eigenvalue weighted by molar-refractivity contribution is -0.385. The Morgan fingerprint density at radius 1 is 1.40 bits per heavy atom. The molecule has 0 atom stereocenters. The van der Waals surface area contributed by atoms with Gasteiger partial charge in [-0.25, -0.2) is 0 Å². The zero-order valence-electron chi connectivity index (χ0n) is 10.8. The minimum absolute atomic E-state index is 0.0747. The molecule has 0 bridgehead atoms. The van der Waals surface area contributed by atoms with E-state index >= 15 is 0 Å². The molecule has 1 saturated carbocycles. The molecule has 0 spiro atoms. The quantitative estimate of drug-likeness (QED) is 0.485. The van der Waals surface area contributed by atoms with E-state index in [-0.39, 0.29) is 17.2 Å². The zero-order chi connectivity index (χ0) is 14.3. The molecular formula is C14H12N2O4. The summed E-state index contributed by atoms with van der Waals surface area (Å²) in [4.78, 5) is 23.0. The number of nitro benzene ring substituents is 1. The summed E-state index contributed by atoms with van der Waals surface area (Å²) >= 11 is 0. The standard InChI is InChI=1S/C14H12N2O4/c1-8-2-5-10(12(6-8)16(18)19)13(17)11-7-15-20-14(11)9-3-4-9/h2,5-7,9H,3-4H2,1H3. The molecule has 102 valence electrons. The van der Waals surface area contributed by atoms with Crippen LogP contribution in [0.2, 0.25) is 0 Å². The number of benzene rings is 1. The predicted octanol–water partition coefficient (Wildman–Crippen LogP) is 3.00. The molecule has 1 aliphatic carbocycles. The number of nitro groups is 1. The van der Waals surface area contributed by atoms with Crippen LogP contribution >= 0.6 is 0 Å². The van der Waals surface area contributed by atoms with Gasteiger partial charge in [0.2, 0.25) is 5.78 Å². The maximum atomic E-state index is 12.5. The van der Waals surface area contributed by atoms with Crippen LogP contribution in [0.4, 0.5) is 5.69 Å². The first-order valence-electron chi connectivity index (χ1n) is 6.32. The second kappa shape index (κ2) is 4.56. The zero-order valence-corrected chi connectivity index (χ0v) is 10.8. The molecule has 2 aromatic rings. The van der Waals surface area contributed by atoms with Crippen LogP contribution in [0.15, 0.2) is 28.9 Å². The maximum absolute atomic E-state index is 12.5. The molecule has 0 amide bonds. The summed E-state index contributed by atoms with van der Waals surface area (Å²) in [5.41, 5.74) is 0.962. The summed E-state index contributed by atoms with van der Waals surface area (Å²) in [7, 11) is 0. The van der Waals surface area contributed by atoms with Crippen molar-refractivity contribution in [1.82, 2.24) is 5.16 Å². The van der Waals surface area contributed by atoms with Crippen LogP contribution < -0.4 is 0 Å². The third kappa shape index (κ3) is 2.09. The predicted molar refractivity (Wildman–Crippen MR) is 69.7 cm³/mol. The first kappa shape index (κ1) is 12.5. The SMILES string of the molecule is Cc1ccc(C(=O)c2cnoc2C2CC2)c([N+](=O)[O-])c1. The number of carbonyl (C=O) groups is 1. The largest absolute Gasteiger partial charge is 0.360 e. The van der Waals surface area contributed by atoms with Crippen molar-refractivity contribution in [3.63, 3.8) is 0 Å². The van der Waals surface area contributed by atoms with Gasteiger partial charge >= 0.3 is 0 Å². The summed E-state index contributed by atoms with van der Waals surface area (Å²) in [5, 5.41) is 14.7. The Morgan fingerprint density at radius 3 is 2.80 bits per heavy atom. The Morgan fingerprint density at radius 2 is 2.15 bits per heavy atom. The Kier molecular flexibility index (Phi) is 2.85. The highest BCUT2D eigenvalue weighted by atomic mass is 16.6. The number of hydrogen-bond donors (Lipinski definition) is 0. The Bertz CT molecular complexity index is 701.